The normalized spacial score (nSPS) is 18.8. The van der Waals surface area contributed by atoms with Gasteiger partial charge in [0.1, 0.15) is 10.6 Å². The second-order valence-corrected chi connectivity index (χ2v) is 7.72. The summed E-state index contributed by atoms with van der Waals surface area (Å²) < 4.78 is 43.5. The highest BCUT2D eigenvalue weighted by Gasteiger charge is 2.39. The maximum atomic E-state index is 13.0. The lowest BCUT2D eigenvalue weighted by Gasteiger charge is -2.39. The molecule has 0 amide bonds. The maximum Gasteiger partial charge on any atom is 0.246 e. The van der Waals surface area contributed by atoms with Gasteiger partial charge < -0.3 is 14.2 Å². The van der Waals surface area contributed by atoms with Gasteiger partial charge in [-0.15, -0.1) is 0 Å². The highest BCUT2D eigenvalue weighted by molar-refractivity contribution is 7.89. The average Bonchev–Trinajstić information content (AvgIpc) is 2.56. The summed E-state index contributed by atoms with van der Waals surface area (Å²) >= 11 is 0. The molecule has 1 saturated heterocycles. The number of methoxy groups -OCH3 is 3. The summed E-state index contributed by atoms with van der Waals surface area (Å²) in [5.74, 6) is -0.317. The molecule has 0 N–H and O–H groups in total. The fourth-order valence-corrected chi connectivity index (χ4v) is 4.49. The van der Waals surface area contributed by atoms with Crippen molar-refractivity contribution in [3.63, 3.8) is 0 Å². The van der Waals surface area contributed by atoms with Crippen LogP contribution in [0.1, 0.15) is 24.0 Å². The standard InChI is InChI=1S/C16H25NO5S/c1-12-10-14(20-3)15(11-13(12)2)23(18,19)17-8-6-16(21-4,22-5)7-9-17/h10-11H,6-9H2,1-5H3. The Morgan fingerprint density at radius 2 is 1.52 bits per heavy atom. The van der Waals surface area contributed by atoms with Gasteiger partial charge in [-0.25, -0.2) is 8.42 Å². The quantitative estimate of drug-likeness (QED) is 0.766. The summed E-state index contributed by atoms with van der Waals surface area (Å²) in [7, 11) is 1.04. The van der Waals surface area contributed by atoms with E-state index in [0.29, 0.717) is 31.7 Å². The molecule has 6 nitrogen and oxygen atoms in total. The van der Waals surface area contributed by atoms with Crippen LogP contribution in [0.5, 0.6) is 5.75 Å². The van der Waals surface area contributed by atoms with Gasteiger partial charge in [0.05, 0.1) is 7.11 Å². The third-order valence-corrected chi connectivity index (χ3v) is 6.55. The molecule has 0 aromatic heterocycles. The van der Waals surface area contributed by atoms with E-state index in [-0.39, 0.29) is 4.90 Å². The average molecular weight is 343 g/mol. The summed E-state index contributed by atoms with van der Waals surface area (Å²) in [5.41, 5.74) is 1.92. The van der Waals surface area contributed by atoms with Crippen LogP contribution in [0.3, 0.4) is 0 Å². The molecule has 0 spiro atoms. The summed E-state index contributed by atoms with van der Waals surface area (Å²) in [5, 5.41) is 0. The zero-order valence-corrected chi connectivity index (χ0v) is 15.2. The van der Waals surface area contributed by atoms with Crippen molar-refractivity contribution in [2.45, 2.75) is 37.4 Å². The minimum Gasteiger partial charge on any atom is -0.495 e. The molecule has 1 heterocycles. The molecule has 0 saturated carbocycles. The number of aryl methyl sites for hydroxylation is 2. The van der Waals surface area contributed by atoms with E-state index in [1.54, 1.807) is 26.4 Å². The third kappa shape index (κ3) is 3.38. The molecule has 1 aliphatic rings. The third-order valence-electron chi connectivity index (χ3n) is 4.63. The van der Waals surface area contributed by atoms with E-state index in [1.807, 2.05) is 13.8 Å². The van der Waals surface area contributed by atoms with Crippen molar-refractivity contribution in [2.24, 2.45) is 0 Å². The number of piperidine rings is 1. The van der Waals surface area contributed by atoms with Gasteiger partial charge in [-0.2, -0.15) is 4.31 Å². The van der Waals surface area contributed by atoms with Crippen molar-refractivity contribution in [1.82, 2.24) is 4.31 Å². The Hall–Kier alpha value is -1.15. The van der Waals surface area contributed by atoms with Gasteiger partial charge in [-0.05, 0) is 37.1 Å². The van der Waals surface area contributed by atoms with Gasteiger partial charge in [-0.1, -0.05) is 0 Å². The van der Waals surface area contributed by atoms with Crippen LogP contribution < -0.4 is 4.74 Å². The van der Waals surface area contributed by atoms with Gasteiger partial charge in [0.15, 0.2) is 5.79 Å². The number of nitrogens with zero attached hydrogens (tertiary/aromatic N) is 1. The van der Waals surface area contributed by atoms with E-state index in [1.165, 1.54) is 11.4 Å². The molecule has 23 heavy (non-hydrogen) atoms. The Balaban J connectivity index is 2.32. The Morgan fingerprint density at radius 1 is 1.00 bits per heavy atom. The SMILES string of the molecule is COc1cc(C)c(C)cc1S(=O)(=O)N1CCC(OC)(OC)CC1. The molecule has 130 valence electrons. The lowest BCUT2D eigenvalue weighted by atomic mass is 10.1. The van der Waals surface area contributed by atoms with Crippen molar-refractivity contribution < 1.29 is 22.6 Å². The molecule has 0 atom stereocenters. The topological polar surface area (TPSA) is 65.1 Å². The molecule has 0 radical (unpaired) electrons. The summed E-state index contributed by atoms with van der Waals surface area (Å²) in [6.45, 7) is 4.52. The summed E-state index contributed by atoms with van der Waals surface area (Å²) in [4.78, 5) is 0.213. The zero-order valence-electron chi connectivity index (χ0n) is 14.4. The fraction of sp³-hybridized carbons (Fsp3) is 0.625. The van der Waals surface area contributed by atoms with E-state index in [2.05, 4.69) is 0 Å². The number of sulfonamides is 1. The van der Waals surface area contributed by atoms with Crippen LogP contribution in [0, 0.1) is 13.8 Å². The maximum absolute atomic E-state index is 13.0. The van der Waals surface area contributed by atoms with Gasteiger partial charge in [0, 0.05) is 40.2 Å². The predicted molar refractivity (Wildman–Crippen MR) is 87.2 cm³/mol. The highest BCUT2D eigenvalue weighted by Crippen LogP contribution is 2.34. The molecule has 7 heteroatoms. The molecular weight excluding hydrogens is 318 g/mol. The molecular formula is C16H25NO5S. The Kier molecular flexibility index (Phi) is 5.35. The number of hydrogen-bond acceptors (Lipinski definition) is 5. The smallest absolute Gasteiger partial charge is 0.246 e. The van der Waals surface area contributed by atoms with E-state index in [0.717, 1.165) is 11.1 Å². The predicted octanol–water partition coefficient (Wildman–Crippen LogP) is 2.09. The second-order valence-electron chi connectivity index (χ2n) is 5.81. The van der Waals surface area contributed by atoms with Crippen LogP contribution in [0.4, 0.5) is 0 Å². The molecule has 0 aliphatic carbocycles. The zero-order chi connectivity index (χ0) is 17.3. The van der Waals surface area contributed by atoms with E-state index in [9.17, 15) is 8.42 Å². The molecule has 1 aromatic carbocycles. The first-order valence-electron chi connectivity index (χ1n) is 7.55. The number of hydrogen-bond donors (Lipinski definition) is 0. The van der Waals surface area contributed by atoms with E-state index < -0.39 is 15.8 Å². The molecule has 1 aromatic rings. The summed E-state index contributed by atoms with van der Waals surface area (Å²) in [6.07, 6.45) is 0.985. The van der Waals surface area contributed by atoms with Crippen LogP contribution >= 0.6 is 0 Å². The van der Waals surface area contributed by atoms with Gasteiger partial charge >= 0.3 is 0 Å². The molecule has 1 aliphatic heterocycles. The van der Waals surface area contributed by atoms with Gasteiger partial charge in [-0.3, -0.25) is 0 Å². The van der Waals surface area contributed by atoms with Gasteiger partial charge in [0.2, 0.25) is 10.0 Å². The van der Waals surface area contributed by atoms with Crippen LogP contribution in [0.15, 0.2) is 17.0 Å². The van der Waals surface area contributed by atoms with Crippen molar-refractivity contribution >= 4 is 10.0 Å². The monoisotopic (exact) mass is 343 g/mol. The molecule has 1 fully saturated rings. The number of benzene rings is 1. The van der Waals surface area contributed by atoms with Gasteiger partial charge in [0.25, 0.3) is 0 Å². The van der Waals surface area contributed by atoms with Crippen molar-refractivity contribution in [1.29, 1.82) is 0 Å². The molecule has 0 bridgehead atoms. The molecule has 2 rings (SSSR count). The Labute approximate surface area is 138 Å². The summed E-state index contributed by atoms with van der Waals surface area (Å²) in [6, 6.07) is 3.44. The van der Waals surface area contributed by atoms with Crippen LogP contribution in [0.25, 0.3) is 0 Å². The first-order valence-corrected chi connectivity index (χ1v) is 8.99. The number of ether oxygens (including phenoxy) is 3. The van der Waals surface area contributed by atoms with Crippen molar-refractivity contribution in [2.75, 3.05) is 34.4 Å². The fourth-order valence-electron chi connectivity index (χ4n) is 2.82. The Bertz CT molecular complexity index is 657. The van der Waals surface area contributed by atoms with Crippen LogP contribution in [-0.4, -0.2) is 52.9 Å². The minimum absolute atomic E-state index is 0.213. The van der Waals surface area contributed by atoms with E-state index in [4.69, 9.17) is 14.2 Å². The minimum atomic E-state index is -3.61. The van der Waals surface area contributed by atoms with Crippen LogP contribution in [-0.2, 0) is 19.5 Å². The Morgan fingerprint density at radius 3 is 2.00 bits per heavy atom. The molecule has 0 unspecified atom stereocenters. The largest absolute Gasteiger partial charge is 0.495 e. The number of rotatable bonds is 5. The van der Waals surface area contributed by atoms with Crippen molar-refractivity contribution in [3.8, 4) is 5.75 Å². The van der Waals surface area contributed by atoms with E-state index >= 15 is 0 Å². The van der Waals surface area contributed by atoms with Crippen molar-refractivity contribution in [3.05, 3.63) is 23.3 Å². The lowest BCUT2D eigenvalue weighted by Crippen LogP contribution is -2.48. The first-order chi connectivity index (χ1) is 10.8. The van der Waals surface area contributed by atoms with Crippen LogP contribution in [0.2, 0.25) is 0 Å². The second kappa shape index (κ2) is 6.76. The first kappa shape index (κ1) is 18.2. The highest BCUT2D eigenvalue weighted by atomic mass is 32.2. The lowest BCUT2D eigenvalue weighted by molar-refractivity contribution is -0.224.